The van der Waals surface area contributed by atoms with E-state index in [1.165, 1.54) is 28.6 Å². The van der Waals surface area contributed by atoms with E-state index in [4.69, 9.17) is 0 Å². The predicted octanol–water partition coefficient (Wildman–Crippen LogP) is 3.93. The van der Waals surface area contributed by atoms with Crippen LogP contribution in [-0.2, 0) is 24.2 Å². The number of fused-ring (bicyclic) bond motifs is 5. The van der Waals surface area contributed by atoms with Crippen LogP contribution in [0.15, 0.2) is 29.0 Å². The van der Waals surface area contributed by atoms with Crippen LogP contribution in [0.2, 0.25) is 0 Å². The van der Waals surface area contributed by atoms with E-state index in [2.05, 4.69) is 27.4 Å². The largest absolute Gasteiger partial charge is 0.350 e. The van der Waals surface area contributed by atoms with Crippen LogP contribution < -0.4 is 5.32 Å². The predicted molar refractivity (Wildman–Crippen MR) is 114 cm³/mol. The Kier molecular flexibility index (Phi) is 4.82. The highest BCUT2D eigenvalue weighted by Gasteiger charge is 2.24. The first-order valence-electron chi connectivity index (χ1n) is 9.25. The van der Waals surface area contributed by atoms with Gasteiger partial charge in [-0.05, 0) is 42.2 Å². The molecule has 0 saturated carbocycles. The number of amides is 1. The van der Waals surface area contributed by atoms with Gasteiger partial charge >= 0.3 is 0 Å². The molecule has 1 unspecified atom stereocenters. The summed E-state index contributed by atoms with van der Waals surface area (Å²) in [6, 6.07) is 4.00. The standard InChI is InChI=1S/C19H19N5OS3/c1-11-4-5-13-14(7-11)28-18-16(13)17-22-23-19(24(17)10-21-18)27-9-15(25)20-8-12-3-2-6-26-12/h2-3,6,10-11H,4-5,7-9H2,1H3,(H,20,25). The molecule has 4 heterocycles. The third kappa shape index (κ3) is 3.31. The number of aromatic nitrogens is 4. The molecule has 0 saturated heterocycles. The van der Waals surface area contributed by atoms with Gasteiger partial charge in [0.25, 0.3) is 0 Å². The van der Waals surface area contributed by atoms with Gasteiger partial charge in [-0.15, -0.1) is 32.9 Å². The molecule has 1 atom stereocenters. The van der Waals surface area contributed by atoms with Crippen molar-refractivity contribution in [1.29, 1.82) is 0 Å². The number of rotatable bonds is 5. The van der Waals surface area contributed by atoms with Gasteiger partial charge in [0.2, 0.25) is 5.91 Å². The molecule has 9 heteroatoms. The summed E-state index contributed by atoms with van der Waals surface area (Å²) in [6.45, 7) is 2.88. The average molecular weight is 430 g/mol. The number of nitrogens with zero attached hydrogens (tertiary/aromatic N) is 4. The Bertz CT molecular complexity index is 1150. The van der Waals surface area contributed by atoms with Gasteiger partial charge in [0.05, 0.1) is 17.7 Å². The molecule has 5 rings (SSSR count). The van der Waals surface area contributed by atoms with Crippen LogP contribution >= 0.6 is 34.4 Å². The fourth-order valence-corrected chi connectivity index (χ4v) is 6.32. The Morgan fingerprint density at radius 2 is 2.36 bits per heavy atom. The Hall–Kier alpha value is -1.97. The summed E-state index contributed by atoms with van der Waals surface area (Å²) < 4.78 is 1.92. The molecule has 0 aliphatic heterocycles. The van der Waals surface area contributed by atoms with E-state index >= 15 is 0 Å². The molecular formula is C19H19N5OS3. The number of hydrogen-bond donors (Lipinski definition) is 1. The first-order valence-corrected chi connectivity index (χ1v) is 11.9. The first kappa shape index (κ1) is 18.1. The lowest BCUT2D eigenvalue weighted by atomic mass is 9.89. The zero-order chi connectivity index (χ0) is 19.1. The molecule has 0 radical (unpaired) electrons. The van der Waals surface area contributed by atoms with Crippen LogP contribution in [0.5, 0.6) is 0 Å². The lowest BCUT2D eigenvalue weighted by molar-refractivity contribution is -0.118. The van der Waals surface area contributed by atoms with Crippen LogP contribution in [0.4, 0.5) is 0 Å². The van der Waals surface area contributed by atoms with E-state index in [1.54, 1.807) is 29.0 Å². The first-order chi connectivity index (χ1) is 13.7. The minimum absolute atomic E-state index is 0.00825. The van der Waals surface area contributed by atoms with Crippen LogP contribution in [0, 0.1) is 5.92 Å². The highest BCUT2D eigenvalue weighted by molar-refractivity contribution is 7.99. The number of aryl methyl sites for hydroxylation is 1. The van der Waals surface area contributed by atoms with E-state index in [0.29, 0.717) is 17.5 Å². The number of nitrogens with one attached hydrogen (secondary N) is 1. The normalized spacial score (nSPS) is 16.5. The Morgan fingerprint density at radius 3 is 3.21 bits per heavy atom. The van der Waals surface area contributed by atoms with Crippen molar-refractivity contribution in [1.82, 2.24) is 24.9 Å². The van der Waals surface area contributed by atoms with E-state index in [-0.39, 0.29) is 5.91 Å². The second kappa shape index (κ2) is 7.46. The maximum atomic E-state index is 12.2. The van der Waals surface area contributed by atoms with Crippen molar-refractivity contribution in [2.24, 2.45) is 5.92 Å². The van der Waals surface area contributed by atoms with Crippen LogP contribution in [0.25, 0.3) is 15.9 Å². The van der Waals surface area contributed by atoms with Gasteiger partial charge in [0, 0.05) is 9.75 Å². The quantitative estimate of drug-likeness (QED) is 0.487. The Morgan fingerprint density at radius 1 is 1.43 bits per heavy atom. The van der Waals surface area contributed by atoms with E-state index in [1.807, 2.05) is 21.9 Å². The smallest absolute Gasteiger partial charge is 0.230 e. The van der Waals surface area contributed by atoms with Crippen molar-refractivity contribution < 1.29 is 4.79 Å². The third-order valence-electron chi connectivity index (χ3n) is 5.04. The number of thiophene rings is 2. The molecule has 1 amide bonds. The fraction of sp³-hybridized carbons (Fsp3) is 0.368. The summed E-state index contributed by atoms with van der Waals surface area (Å²) in [6.07, 6.45) is 5.20. The highest BCUT2D eigenvalue weighted by atomic mass is 32.2. The van der Waals surface area contributed by atoms with Gasteiger partial charge < -0.3 is 5.32 Å². The van der Waals surface area contributed by atoms with Crippen molar-refractivity contribution in [3.63, 3.8) is 0 Å². The minimum atomic E-state index is -0.00825. The zero-order valence-electron chi connectivity index (χ0n) is 15.3. The zero-order valence-corrected chi connectivity index (χ0v) is 17.8. The Balaban J connectivity index is 1.36. The molecule has 6 nitrogen and oxygen atoms in total. The van der Waals surface area contributed by atoms with E-state index in [9.17, 15) is 4.79 Å². The maximum Gasteiger partial charge on any atom is 0.230 e. The van der Waals surface area contributed by atoms with E-state index in [0.717, 1.165) is 39.5 Å². The molecule has 1 N–H and O–H groups in total. The third-order valence-corrected chi connectivity index (χ3v) is 8.03. The summed E-state index contributed by atoms with van der Waals surface area (Å²) in [7, 11) is 0. The molecule has 0 aromatic carbocycles. The summed E-state index contributed by atoms with van der Waals surface area (Å²) in [5.74, 6) is 1.03. The van der Waals surface area contributed by atoms with Gasteiger partial charge in [0.1, 0.15) is 11.2 Å². The minimum Gasteiger partial charge on any atom is -0.350 e. The van der Waals surface area contributed by atoms with Gasteiger partial charge in [-0.1, -0.05) is 24.8 Å². The molecule has 0 fully saturated rings. The van der Waals surface area contributed by atoms with Crippen LogP contribution in [-0.4, -0.2) is 31.2 Å². The molecule has 1 aliphatic rings. The second-order valence-corrected chi connectivity index (χ2v) is 10.2. The molecule has 0 spiro atoms. The summed E-state index contributed by atoms with van der Waals surface area (Å²) >= 11 is 4.82. The maximum absolute atomic E-state index is 12.2. The number of carbonyl (C=O) groups excluding carboxylic acids is 1. The van der Waals surface area contributed by atoms with Crippen molar-refractivity contribution in [2.45, 2.75) is 37.9 Å². The molecule has 4 aromatic rings. The average Bonchev–Trinajstić information content (AvgIpc) is 3.41. The number of thioether (sulfide) groups is 1. The van der Waals surface area contributed by atoms with Gasteiger partial charge in [-0.2, -0.15) is 0 Å². The summed E-state index contributed by atoms with van der Waals surface area (Å²) in [5.41, 5.74) is 2.26. The number of hydrogen-bond acceptors (Lipinski definition) is 7. The monoisotopic (exact) mass is 429 g/mol. The molecular weight excluding hydrogens is 410 g/mol. The van der Waals surface area contributed by atoms with Crippen LogP contribution in [0.1, 0.15) is 28.7 Å². The highest BCUT2D eigenvalue weighted by Crippen LogP contribution is 2.39. The second-order valence-electron chi connectivity index (χ2n) is 7.10. The SMILES string of the molecule is CC1CCc2c(sc3ncn4c(SCC(=O)NCc5cccs5)nnc4c23)C1. The summed E-state index contributed by atoms with van der Waals surface area (Å²) in [4.78, 5) is 20.5. The molecule has 1 aliphatic carbocycles. The molecule has 0 bridgehead atoms. The molecule has 28 heavy (non-hydrogen) atoms. The lowest BCUT2D eigenvalue weighted by Gasteiger charge is -2.17. The van der Waals surface area contributed by atoms with Crippen molar-refractivity contribution in [2.75, 3.05) is 5.75 Å². The van der Waals surface area contributed by atoms with E-state index < -0.39 is 0 Å². The lowest BCUT2D eigenvalue weighted by Crippen LogP contribution is -2.24. The van der Waals surface area contributed by atoms with Crippen molar-refractivity contribution >= 4 is 56.2 Å². The van der Waals surface area contributed by atoms with Gasteiger partial charge in [-0.3, -0.25) is 9.20 Å². The fourth-order valence-electron chi connectivity index (χ4n) is 3.60. The molecule has 4 aromatic heterocycles. The van der Waals surface area contributed by atoms with Crippen molar-refractivity contribution in [3.8, 4) is 0 Å². The number of carbonyl (C=O) groups is 1. The van der Waals surface area contributed by atoms with Crippen molar-refractivity contribution in [3.05, 3.63) is 39.2 Å². The Labute approximate surface area is 174 Å². The van der Waals surface area contributed by atoms with Gasteiger partial charge in [-0.25, -0.2) is 4.98 Å². The molecule has 144 valence electrons. The summed E-state index contributed by atoms with van der Waals surface area (Å²) in [5, 5.41) is 15.6. The topological polar surface area (TPSA) is 72.2 Å². The van der Waals surface area contributed by atoms with Gasteiger partial charge in [0.15, 0.2) is 10.8 Å². The van der Waals surface area contributed by atoms with Crippen LogP contribution in [0.3, 0.4) is 0 Å².